The number of hydrogen-bond acceptors (Lipinski definition) is 2. The standard InChI is InChI=1S/C24H37NOS/c1-6-8-14-22(23(7-2)27(26)24(3,4)5)21-15-17-25(18-16-21)19-20-12-10-9-11-13-20/h6,9-13,21H,1,7-8,14-19H2,2-5H3/b23-22-/t27-/m0/s1. The topological polar surface area (TPSA) is 20.3 Å². The molecule has 0 aliphatic carbocycles. The number of benzene rings is 1. The third-order valence-corrected chi connectivity index (χ3v) is 7.52. The first-order valence-corrected chi connectivity index (χ1v) is 11.5. The summed E-state index contributed by atoms with van der Waals surface area (Å²) >= 11 is 0. The van der Waals surface area contributed by atoms with Crippen molar-refractivity contribution in [2.24, 2.45) is 5.92 Å². The van der Waals surface area contributed by atoms with Gasteiger partial charge in [-0.05, 0) is 77.4 Å². The minimum Gasteiger partial charge on any atom is -0.299 e. The van der Waals surface area contributed by atoms with Crippen LogP contribution in [0.25, 0.3) is 0 Å². The fourth-order valence-corrected chi connectivity index (χ4v) is 5.47. The zero-order chi connectivity index (χ0) is 19.9. The predicted molar refractivity (Wildman–Crippen MR) is 119 cm³/mol. The van der Waals surface area contributed by atoms with E-state index < -0.39 is 10.8 Å². The number of rotatable bonds is 8. The molecule has 0 amide bonds. The molecule has 0 radical (unpaired) electrons. The molecule has 0 aromatic heterocycles. The van der Waals surface area contributed by atoms with Crippen LogP contribution in [-0.4, -0.2) is 26.9 Å². The van der Waals surface area contributed by atoms with Gasteiger partial charge in [-0.2, -0.15) is 0 Å². The molecule has 1 aliphatic rings. The smallest absolute Gasteiger partial charge is 0.0541 e. The lowest BCUT2D eigenvalue weighted by molar-refractivity contribution is 0.189. The van der Waals surface area contributed by atoms with E-state index >= 15 is 0 Å². The van der Waals surface area contributed by atoms with Gasteiger partial charge in [0.25, 0.3) is 0 Å². The third kappa shape index (κ3) is 6.43. The van der Waals surface area contributed by atoms with Crippen LogP contribution in [0.2, 0.25) is 0 Å². The minimum atomic E-state index is -0.919. The second-order valence-electron chi connectivity index (χ2n) is 8.55. The van der Waals surface area contributed by atoms with Crippen molar-refractivity contribution in [3.05, 3.63) is 59.0 Å². The molecule has 2 rings (SSSR count). The average molecular weight is 388 g/mol. The maximum Gasteiger partial charge on any atom is 0.0541 e. The normalized spacial score (nSPS) is 18.8. The van der Waals surface area contributed by atoms with Crippen LogP contribution in [0.4, 0.5) is 0 Å². The molecule has 2 nitrogen and oxygen atoms in total. The quantitative estimate of drug-likeness (QED) is 0.504. The Kier molecular flexibility index (Phi) is 8.50. The Morgan fingerprint density at radius 1 is 1.22 bits per heavy atom. The Balaban J connectivity index is 2.12. The van der Waals surface area contributed by atoms with E-state index in [2.05, 4.69) is 69.5 Å². The summed E-state index contributed by atoms with van der Waals surface area (Å²) < 4.78 is 13.0. The molecule has 1 aliphatic heterocycles. The van der Waals surface area contributed by atoms with E-state index in [1.165, 1.54) is 28.9 Å². The Bertz CT molecular complexity index is 649. The summed E-state index contributed by atoms with van der Waals surface area (Å²) in [5, 5.41) is 0. The number of likely N-dealkylation sites (tertiary alicyclic amines) is 1. The Hall–Kier alpha value is -1.19. The van der Waals surface area contributed by atoms with Gasteiger partial charge in [-0.15, -0.1) is 6.58 Å². The first-order valence-electron chi connectivity index (χ1n) is 10.4. The average Bonchev–Trinajstić information content (AvgIpc) is 2.65. The van der Waals surface area contributed by atoms with Gasteiger partial charge in [0.15, 0.2) is 0 Å². The number of hydrogen-bond donors (Lipinski definition) is 0. The van der Waals surface area contributed by atoms with Gasteiger partial charge in [-0.3, -0.25) is 9.11 Å². The Morgan fingerprint density at radius 2 is 1.85 bits per heavy atom. The van der Waals surface area contributed by atoms with Crippen LogP contribution >= 0.6 is 0 Å². The number of allylic oxidation sites excluding steroid dienone is 3. The van der Waals surface area contributed by atoms with Crippen LogP contribution in [0.1, 0.15) is 65.4 Å². The molecule has 1 aromatic rings. The zero-order valence-electron chi connectivity index (χ0n) is 17.7. The molecule has 1 aromatic carbocycles. The second-order valence-corrected chi connectivity index (χ2v) is 10.8. The van der Waals surface area contributed by atoms with Crippen molar-refractivity contribution in [1.82, 2.24) is 4.90 Å². The molecule has 27 heavy (non-hydrogen) atoms. The lowest BCUT2D eigenvalue weighted by Crippen LogP contribution is -2.34. The summed E-state index contributed by atoms with van der Waals surface area (Å²) in [6.07, 6.45) is 7.22. The van der Waals surface area contributed by atoms with Crippen LogP contribution in [0.15, 0.2) is 53.5 Å². The van der Waals surface area contributed by atoms with Gasteiger partial charge in [0.2, 0.25) is 0 Å². The largest absolute Gasteiger partial charge is 0.299 e. The Labute approximate surface area is 169 Å². The SMILES string of the molecule is C=CCC/C(=C(\CC)[S@](=O)C(C)(C)C)C1CCN(Cc2ccccc2)CC1. The first kappa shape index (κ1) is 22.1. The van der Waals surface area contributed by atoms with Crippen molar-refractivity contribution in [3.63, 3.8) is 0 Å². The third-order valence-electron chi connectivity index (χ3n) is 5.41. The van der Waals surface area contributed by atoms with Crippen molar-refractivity contribution in [3.8, 4) is 0 Å². The predicted octanol–water partition coefficient (Wildman–Crippen LogP) is 6.08. The molecule has 3 heteroatoms. The zero-order valence-corrected chi connectivity index (χ0v) is 18.5. The Morgan fingerprint density at radius 3 is 2.37 bits per heavy atom. The molecule has 0 bridgehead atoms. The van der Waals surface area contributed by atoms with Gasteiger partial charge in [0.05, 0.1) is 10.8 Å². The van der Waals surface area contributed by atoms with Crippen LogP contribution in [0.5, 0.6) is 0 Å². The van der Waals surface area contributed by atoms with E-state index in [9.17, 15) is 4.21 Å². The molecule has 0 unspecified atom stereocenters. The summed E-state index contributed by atoms with van der Waals surface area (Å²) in [6, 6.07) is 10.7. The van der Waals surface area contributed by atoms with Gasteiger partial charge < -0.3 is 0 Å². The van der Waals surface area contributed by atoms with Gasteiger partial charge in [0, 0.05) is 16.2 Å². The molecule has 1 saturated heterocycles. The summed E-state index contributed by atoms with van der Waals surface area (Å²) in [7, 11) is -0.919. The highest BCUT2D eigenvalue weighted by molar-refractivity contribution is 7.90. The van der Waals surface area contributed by atoms with Gasteiger partial charge >= 0.3 is 0 Å². The van der Waals surface area contributed by atoms with Crippen molar-refractivity contribution in [2.45, 2.75) is 71.1 Å². The van der Waals surface area contributed by atoms with E-state index in [0.717, 1.165) is 38.9 Å². The molecule has 1 atom stereocenters. The molecule has 1 fully saturated rings. The number of piperidine rings is 1. The lowest BCUT2D eigenvalue weighted by atomic mass is 9.85. The highest BCUT2D eigenvalue weighted by Crippen LogP contribution is 2.35. The minimum absolute atomic E-state index is 0.196. The fraction of sp³-hybridized carbons (Fsp3) is 0.583. The van der Waals surface area contributed by atoms with Crippen molar-refractivity contribution < 1.29 is 4.21 Å². The molecule has 0 N–H and O–H groups in total. The van der Waals surface area contributed by atoms with Crippen molar-refractivity contribution in [1.29, 1.82) is 0 Å². The van der Waals surface area contributed by atoms with Crippen LogP contribution in [0, 0.1) is 5.92 Å². The van der Waals surface area contributed by atoms with E-state index in [0.29, 0.717) is 5.92 Å². The number of nitrogens with zero attached hydrogens (tertiary/aromatic N) is 1. The summed E-state index contributed by atoms with van der Waals surface area (Å²) in [4.78, 5) is 3.76. The van der Waals surface area contributed by atoms with E-state index in [-0.39, 0.29) is 4.75 Å². The van der Waals surface area contributed by atoms with Crippen LogP contribution in [0.3, 0.4) is 0 Å². The fourth-order valence-electron chi connectivity index (χ4n) is 3.96. The van der Waals surface area contributed by atoms with Gasteiger partial charge in [0.1, 0.15) is 0 Å². The molecular weight excluding hydrogens is 350 g/mol. The van der Waals surface area contributed by atoms with Crippen LogP contribution < -0.4 is 0 Å². The lowest BCUT2D eigenvalue weighted by Gasteiger charge is -2.35. The summed E-state index contributed by atoms with van der Waals surface area (Å²) in [5.41, 5.74) is 2.85. The molecule has 0 saturated carbocycles. The molecule has 150 valence electrons. The summed E-state index contributed by atoms with van der Waals surface area (Å²) in [6.45, 7) is 15.6. The molecule has 1 heterocycles. The van der Waals surface area contributed by atoms with Crippen LogP contribution in [-0.2, 0) is 17.3 Å². The monoisotopic (exact) mass is 387 g/mol. The highest BCUT2D eigenvalue weighted by atomic mass is 32.2. The maximum absolute atomic E-state index is 13.2. The van der Waals surface area contributed by atoms with Crippen molar-refractivity contribution in [2.75, 3.05) is 13.1 Å². The van der Waals surface area contributed by atoms with E-state index in [1.807, 2.05) is 6.08 Å². The van der Waals surface area contributed by atoms with Crippen molar-refractivity contribution >= 4 is 10.8 Å². The molecular formula is C24H37NOS. The second kappa shape index (κ2) is 10.4. The van der Waals surface area contributed by atoms with E-state index in [1.54, 1.807) is 0 Å². The first-order chi connectivity index (χ1) is 12.9. The maximum atomic E-state index is 13.2. The van der Waals surface area contributed by atoms with Gasteiger partial charge in [-0.25, -0.2) is 0 Å². The molecule has 0 spiro atoms. The highest BCUT2D eigenvalue weighted by Gasteiger charge is 2.29. The van der Waals surface area contributed by atoms with E-state index in [4.69, 9.17) is 0 Å². The van der Waals surface area contributed by atoms with Gasteiger partial charge in [-0.1, -0.05) is 48.9 Å². The summed E-state index contributed by atoms with van der Waals surface area (Å²) in [5.74, 6) is 0.568.